The first-order valence-corrected chi connectivity index (χ1v) is 10.9. The molecule has 1 atom stereocenters. The van der Waals surface area contributed by atoms with Gasteiger partial charge in [0.05, 0.1) is 18.2 Å². The number of halogens is 1. The quantitative estimate of drug-likeness (QED) is 0.287. The number of ether oxygens (including phenoxy) is 1. The van der Waals surface area contributed by atoms with Crippen molar-refractivity contribution in [2.45, 2.75) is 26.3 Å². The van der Waals surface area contributed by atoms with E-state index >= 15 is 0 Å². The van der Waals surface area contributed by atoms with Gasteiger partial charge in [-0.1, -0.05) is 40.1 Å². The van der Waals surface area contributed by atoms with Crippen LogP contribution in [0.1, 0.15) is 36.3 Å². The number of benzene rings is 2. The molecule has 1 aromatic heterocycles. The first kappa shape index (κ1) is 21.8. The maximum Gasteiger partial charge on any atom is 0.301 e. The lowest BCUT2D eigenvalue weighted by Crippen LogP contribution is -2.29. The van der Waals surface area contributed by atoms with Gasteiger partial charge in [-0.3, -0.25) is 14.5 Å². The molecule has 3 aromatic rings. The molecule has 2 aromatic carbocycles. The molecule has 1 saturated heterocycles. The SMILES string of the molecule is CCCOc1ccc(C(O)=C2C(=O)C(=O)N(c3cc(C)on3)C2c2ccc(Br)cc2)cc1. The van der Waals surface area contributed by atoms with Gasteiger partial charge in [0.2, 0.25) is 0 Å². The highest BCUT2D eigenvalue weighted by atomic mass is 79.9. The molecule has 32 heavy (non-hydrogen) atoms. The van der Waals surface area contributed by atoms with Gasteiger partial charge in [-0.2, -0.15) is 0 Å². The summed E-state index contributed by atoms with van der Waals surface area (Å²) in [6.45, 7) is 4.29. The Morgan fingerprint density at radius 3 is 2.44 bits per heavy atom. The van der Waals surface area contributed by atoms with E-state index in [1.165, 1.54) is 4.90 Å². The van der Waals surface area contributed by atoms with Crippen molar-refractivity contribution in [2.75, 3.05) is 11.5 Å². The molecule has 0 aliphatic carbocycles. The Morgan fingerprint density at radius 1 is 1.16 bits per heavy atom. The molecule has 2 heterocycles. The molecule has 0 bridgehead atoms. The number of Topliss-reactive ketones (excluding diaryl/α,β-unsaturated/α-hetero) is 1. The molecule has 0 saturated carbocycles. The molecule has 8 heteroatoms. The molecule has 1 aliphatic heterocycles. The third-order valence-corrected chi connectivity index (χ3v) is 5.62. The molecule has 1 N–H and O–H groups in total. The monoisotopic (exact) mass is 496 g/mol. The van der Waals surface area contributed by atoms with Gasteiger partial charge >= 0.3 is 5.91 Å². The zero-order chi connectivity index (χ0) is 22.8. The minimum atomic E-state index is -0.858. The van der Waals surface area contributed by atoms with Crippen molar-refractivity contribution < 1.29 is 24.0 Å². The Bertz CT molecular complexity index is 1180. The van der Waals surface area contributed by atoms with Crippen LogP contribution in [0.3, 0.4) is 0 Å². The Morgan fingerprint density at radius 2 is 1.84 bits per heavy atom. The summed E-state index contributed by atoms with van der Waals surface area (Å²) in [4.78, 5) is 27.3. The van der Waals surface area contributed by atoms with E-state index in [9.17, 15) is 14.7 Å². The van der Waals surface area contributed by atoms with Crippen molar-refractivity contribution in [1.29, 1.82) is 0 Å². The van der Waals surface area contributed by atoms with Gasteiger partial charge in [0.15, 0.2) is 5.82 Å². The average molecular weight is 497 g/mol. The lowest BCUT2D eigenvalue weighted by molar-refractivity contribution is -0.132. The first-order chi connectivity index (χ1) is 15.4. The van der Waals surface area contributed by atoms with E-state index in [4.69, 9.17) is 9.26 Å². The van der Waals surface area contributed by atoms with Crippen molar-refractivity contribution in [3.8, 4) is 5.75 Å². The number of aliphatic hydroxyl groups is 1. The van der Waals surface area contributed by atoms with Crippen LogP contribution in [0.25, 0.3) is 5.76 Å². The van der Waals surface area contributed by atoms with E-state index in [0.717, 1.165) is 10.9 Å². The van der Waals surface area contributed by atoms with E-state index in [1.807, 2.05) is 19.1 Å². The second-order valence-corrected chi connectivity index (χ2v) is 8.30. The number of hydrogen-bond acceptors (Lipinski definition) is 6. The topological polar surface area (TPSA) is 92.9 Å². The third kappa shape index (κ3) is 4.05. The number of aliphatic hydroxyl groups excluding tert-OH is 1. The summed E-state index contributed by atoms with van der Waals surface area (Å²) >= 11 is 3.40. The summed E-state index contributed by atoms with van der Waals surface area (Å²) in [6, 6.07) is 14.7. The van der Waals surface area contributed by atoms with E-state index in [1.54, 1.807) is 49.4 Å². The zero-order valence-corrected chi connectivity index (χ0v) is 19.1. The van der Waals surface area contributed by atoms with E-state index in [2.05, 4.69) is 21.1 Å². The van der Waals surface area contributed by atoms with Crippen molar-refractivity contribution in [3.05, 3.63) is 81.5 Å². The molecule has 1 unspecified atom stereocenters. The minimum Gasteiger partial charge on any atom is -0.507 e. The summed E-state index contributed by atoms with van der Waals surface area (Å²) in [5.74, 6) is -0.468. The van der Waals surface area contributed by atoms with Crippen molar-refractivity contribution in [1.82, 2.24) is 5.16 Å². The van der Waals surface area contributed by atoms with Crippen LogP contribution in [0, 0.1) is 6.92 Å². The molecule has 0 radical (unpaired) electrons. The number of aromatic nitrogens is 1. The van der Waals surface area contributed by atoms with Gasteiger partial charge in [0.25, 0.3) is 5.78 Å². The molecular weight excluding hydrogens is 476 g/mol. The number of carbonyl (C=O) groups is 2. The Labute approximate surface area is 193 Å². The number of aryl methyl sites for hydroxylation is 1. The van der Waals surface area contributed by atoms with Crippen LogP contribution >= 0.6 is 15.9 Å². The van der Waals surface area contributed by atoms with Crippen LogP contribution in [-0.2, 0) is 9.59 Å². The van der Waals surface area contributed by atoms with E-state index in [-0.39, 0.29) is 17.2 Å². The fourth-order valence-corrected chi connectivity index (χ4v) is 3.84. The van der Waals surface area contributed by atoms with Gasteiger partial charge in [-0.25, -0.2) is 0 Å². The number of hydrogen-bond donors (Lipinski definition) is 1. The first-order valence-electron chi connectivity index (χ1n) is 10.1. The fraction of sp³-hybridized carbons (Fsp3) is 0.208. The molecule has 1 fully saturated rings. The van der Waals surface area contributed by atoms with Gasteiger partial charge < -0.3 is 14.4 Å². The Hall–Kier alpha value is -3.39. The summed E-state index contributed by atoms with van der Waals surface area (Å²) < 4.78 is 11.6. The summed E-state index contributed by atoms with van der Waals surface area (Å²) in [5, 5.41) is 15.0. The standard InChI is InChI=1S/C24H21BrN2O5/c1-3-12-31-18-10-6-16(7-11-18)22(28)20-21(15-4-8-17(25)9-5-15)27(24(30)23(20)29)19-13-14(2)32-26-19/h4-11,13,21,28H,3,12H2,1-2H3. The summed E-state index contributed by atoms with van der Waals surface area (Å²) in [7, 11) is 0. The second kappa shape index (κ2) is 9.00. The smallest absolute Gasteiger partial charge is 0.301 e. The van der Waals surface area contributed by atoms with E-state index < -0.39 is 17.7 Å². The van der Waals surface area contributed by atoms with Crippen LogP contribution in [0.4, 0.5) is 5.82 Å². The Kier molecular flexibility index (Phi) is 6.14. The Balaban J connectivity index is 1.83. The van der Waals surface area contributed by atoms with Crippen molar-refractivity contribution in [2.24, 2.45) is 0 Å². The van der Waals surface area contributed by atoms with Gasteiger partial charge in [-0.15, -0.1) is 0 Å². The van der Waals surface area contributed by atoms with Crippen LogP contribution in [-0.4, -0.2) is 28.6 Å². The van der Waals surface area contributed by atoms with Crippen LogP contribution < -0.4 is 9.64 Å². The molecular formula is C24H21BrN2O5. The average Bonchev–Trinajstić information content (AvgIpc) is 3.33. The number of nitrogens with zero attached hydrogens (tertiary/aromatic N) is 2. The minimum absolute atomic E-state index is 0.0137. The lowest BCUT2D eigenvalue weighted by atomic mass is 9.95. The van der Waals surface area contributed by atoms with Gasteiger partial charge in [0.1, 0.15) is 17.3 Å². The molecule has 4 rings (SSSR count). The van der Waals surface area contributed by atoms with Crippen LogP contribution in [0.15, 0.2) is 69.2 Å². The van der Waals surface area contributed by atoms with Gasteiger partial charge in [0, 0.05) is 16.1 Å². The number of anilines is 1. The highest BCUT2D eigenvalue weighted by Crippen LogP contribution is 2.42. The maximum atomic E-state index is 13.1. The number of carbonyl (C=O) groups excluding carboxylic acids is 2. The molecule has 0 spiro atoms. The van der Waals surface area contributed by atoms with E-state index in [0.29, 0.717) is 29.2 Å². The van der Waals surface area contributed by atoms with Crippen molar-refractivity contribution >= 4 is 39.2 Å². The number of ketones is 1. The highest BCUT2D eigenvalue weighted by molar-refractivity contribution is 9.10. The van der Waals surface area contributed by atoms with Crippen LogP contribution in [0.2, 0.25) is 0 Å². The summed E-state index contributed by atoms with van der Waals surface area (Å²) in [6.07, 6.45) is 0.875. The molecule has 164 valence electrons. The normalized spacial score (nSPS) is 17.7. The lowest BCUT2D eigenvalue weighted by Gasteiger charge is -2.23. The number of rotatable bonds is 6. The molecule has 7 nitrogen and oxygen atoms in total. The molecule has 1 aliphatic rings. The maximum absolute atomic E-state index is 13.1. The van der Waals surface area contributed by atoms with Crippen molar-refractivity contribution in [3.63, 3.8) is 0 Å². The zero-order valence-electron chi connectivity index (χ0n) is 17.5. The van der Waals surface area contributed by atoms with Gasteiger partial charge in [-0.05, 0) is 55.3 Å². The summed E-state index contributed by atoms with van der Waals surface area (Å²) in [5.41, 5.74) is 1.04. The predicted molar refractivity (Wildman–Crippen MR) is 122 cm³/mol. The van der Waals surface area contributed by atoms with Crippen LogP contribution in [0.5, 0.6) is 5.75 Å². The predicted octanol–water partition coefficient (Wildman–Crippen LogP) is 5.16. The second-order valence-electron chi connectivity index (χ2n) is 7.39. The largest absolute Gasteiger partial charge is 0.507 e. The highest BCUT2D eigenvalue weighted by Gasteiger charge is 2.48. The third-order valence-electron chi connectivity index (χ3n) is 5.09. The molecule has 1 amide bonds. The fourth-order valence-electron chi connectivity index (χ4n) is 3.58. The number of amides is 1.